The average Bonchev–Trinajstić information content (AvgIpc) is 2.42. The number of nitrogens with zero attached hydrogens (tertiary/aromatic N) is 1. The summed E-state index contributed by atoms with van der Waals surface area (Å²) in [5.74, 6) is -0.102. The molecule has 5 heteroatoms. The number of hydrogen-bond acceptors (Lipinski definition) is 4. The van der Waals surface area contributed by atoms with Crippen LogP contribution in [-0.2, 0) is 0 Å². The molecule has 0 saturated heterocycles. The lowest BCUT2D eigenvalue weighted by Gasteiger charge is -2.22. The Balaban J connectivity index is 2.70. The summed E-state index contributed by atoms with van der Waals surface area (Å²) in [6.07, 6.45) is -0.519. The van der Waals surface area contributed by atoms with Crippen LogP contribution in [0.4, 0.5) is 4.39 Å². The number of aliphatic hydroxyl groups is 2. The number of likely N-dealkylation sites (N-methyl/N-ethyl adjacent to an activating group) is 1. The van der Waals surface area contributed by atoms with E-state index in [0.29, 0.717) is 25.3 Å². The van der Waals surface area contributed by atoms with E-state index >= 15 is 0 Å². The van der Waals surface area contributed by atoms with Gasteiger partial charge in [0.25, 0.3) is 0 Å². The van der Waals surface area contributed by atoms with Crippen molar-refractivity contribution >= 4 is 0 Å². The van der Waals surface area contributed by atoms with Crippen LogP contribution in [0.5, 0.6) is 5.75 Å². The molecule has 1 rings (SSSR count). The maximum atomic E-state index is 13.7. The van der Waals surface area contributed by atoms with Crippen LogP contribution < -0.4 is 4.74 Å². The van der Waals surface area contributed by atoms with Crippen molar-refractivity contribution in [3.8, 4) is 5.75 Å². The normalized spacial score (nSPS) is 12.7. The van der Waals surface area contributed by atoms with Gasteiger partial charge in [-0.05, 0) is 25.1 Å². The highest BCUT2D eigenvalue weighted by Gasteiger charge is 2.18. The van der Waals surface area contributed by atoms with E-state index in [1.807, 2.05) is 11.8 Å². The summed E-state index contributed by atoms with van der Waals surface area (Å²) in [6, 6.07) is 4.49. The van der Waals surface area contributed by atoms with Crippen molar-refractivity contribution < 1.29 is 19.3 Å². The standard InChI is InChI=1S/C14H22FNO3/c1-3-16(9-10-17)8-7-12(18)14-11(15)5-4-6-13(14)19-2/h4-6,12,17-18H,3,7-10H2,1-2H3. The Labute approximate surface area is 113 Å². The SMILES string of the molecule is CCN(CCO)CCC(O)c1c(F)cccc1OC. The van der Waals surface area contributed by atoms with E-state index in [-0.39, 0.29) is 12.2 Å². The number of benzene rings is 1. The van der Waals surface area contributed by atoms with Gasteiger partial charge in [-0.25, -0.2) is 4.39 Å². The number of hydrogen-bond donors (Lipinski definition) is 2. The molecule has 19 heavy (non-hydrogen) atoms. The molecule has 0 amide bonds. The molecule has 1 aromatic carbocycles. The van der Waals surface area contributed by atoms with E-state index in [4.69, 9.17) is 9.84 Å². The Kier molecular flexibility index (Phi) is 6.77. The summed E-state index contributed by atoms with van der Waals surface area (Å²) < 4.78 is 18.8. The first-order valence-corrected chi connectivity index (χ1v) is 6.47. The van der Waals surface area contributed by atoms with Crippen LogP contribution in [0.15, 0.2) is 18.2 Å². The van der Waals surface area contributed by atoms with E-state index < -0.39 is 11.9 Å². The molecular formula is C14H22FNO3. The number of ether oxygens (including phenoxy) is 1. The lowest BCUT2D eigenvalue weighted by molar-refractivity contribution is 0.128. The Morgan fingerprint density at radius 3 is 2.68 bits per heavy atom. The van der Waals surface area contributed by atoms with Gasteiger partial charge in [-0.15, -0.1) is 0 Å². The highest BCUT2D eigenvalue weighted by atomic mass is 19.1. The molecule has 0 heterocycles. The first-order chi connectivity index (χ1) is 9.13. The van der Waals surface area contributed by atoms with E-state index in [0.717, 1.165) is 6.54 Å². The Morgan fingerprint density at radius 1 is 1.37 bits per heavy atom. The van der Waals surface area contributed by atoms with Gasteiger partial charge < -0.3 is 19.8 Å². The molecule has 1 atom stereocenters. The minimum atomic E-state index is -0.913. The third kappa shape index (κ3) is 4.45. The fourth-order valence-electron chi connectivity index (χ4n) is 2.04. The molecule has 1 unspecified atom stereocenters. The van der Waals surface area contributed by atoms with Crippen molar-refractivity contribution in [3.05, 3.63) is 29.6 Å². The van der Waals surface area contributed by atoms with Gasteiger partial charge in [0.2, 0.25) is 0 Å². The second-order valence-electron chi connectivity index (χ2n) is 4.32. The van der Waals surface area contributed by atoms with Gasteiger partial charge in [-0.3, -0.25) is 0 Å². The predicted octanol–water partition coefficient (Wildman–Crippen LogP) is 1.57. The number of halogens is 1. The first-order valence-electron chi connectivity index (χ1n) is 6.47. The maximum absolute atomic E-state index is 13.7. The molecule has 0 spiro atoms. The molecule has 0 saturated carbocycles. The molecule has 0 radical (unpaired) electrons. The summed E-state index contributed by atoms with van der Waals surface area (Å²) in [5, 5.41) is 19.0. The van der Waals surface area contributed by atoms with Gasteiger partial charge in [0.15, 0.2) is 0 Å². The summed E-state index contributed by atoms with van der Waals surface area (Å²) in [4.78, 5) is 2.00. The molecule has 0 aliphatic rings. The van der Waals surface area contributed by atoms with Crippen LogP contribution in [0.1, 0.15) is 25.0 Å². The van der Waals surface area contributed by atoms with Crippen LogP contribution in [-0.4, -0.2) is 48.5 Å². The molecule has 1 aromatic rings. The summed E-state index contributed by atoms with van der Waals surface area (Å²) in [6.45, 7) is 3.98. The zero-order valence-electron chi connectivity index (χ0n) is 11.5. The monoisotopic (exact) mass is 271 g/mol. The fourth-order valence-corrected chi connectivity index (χ4v) is 2.04. The molecule has 0 fully saturated rings. The van der Waals surface area contributed by atoms with Gasteiger partial charge in [0.1, 0.15) is 11.6 Å². The van der Waals surface area contributed by atoms with E-state index in [1.54, 1.807) is 12.1 Å². The van der Waals surface area contributed by atoms with E-state index in [1.165, 1.54) is 13.2 Å². The third-order valence-corrected chi connectivity index (χ3v) is 3.15. The van der Waals surface area contributed by atoms with Crippen LogP contribution in [0.3, 0.4) is 0 Å². The Morgan fingerprint density at radius 2 is 2.11 bits per heavy atom. The number of aliphatic hydroxyl groups excluding tert-OH is 2. The minimum Gasteiger partial charge on any atom is -0.496 e. The maximum Gasteiger partial charge on any atom is 0.132 e. The summed E-state index contributed by atoms with van der Waals surface area (Å²) in [7, 11) is 1.45. The van der Waals surface area contributed by atoms with Gasteiger partial charge in [0, 0.05) is 13.1 Å². The van der Waals surface area contributed by atoms with Crippen molar-refractivity contribution in [1.29, 1.82) is 0 Å². The van der Waals surface area contributed by atoms with Gasteiger partial charge in [-0.2, -0.15) is 0 Å². The highest BCUT2D eigenvalue weighted by Crippen LogP contribution is 2.29. The van der Waals surface area contributed by atoms with Crippen molar-refractivity contribution in [3.63, 3.8) is 0 Å². The second-order valence-corrected chi connectivity index (χ2v) is 4.32. The Bertz CT molecular complexity index is 387. The lowest BCUT2D eigenvalue weighted by Crippen LogP contribution is -2.28. The fraction of sp³-hybridized carbons (Fsp3) is 0.571. The van der Waals surface area contributed by atoms with Crippen molar-refractivity contribution in [2.75, 3.05) is 33.4 Å². The van der Waals surface area contributed by atoms with Crippen LogP contribution in [0.25, 0.3) is 0 Å². The van der Waals surface area contributed by atoms with Crippen molar-refractivity contribution in [1.82, 2.24) is 4.90 Å². The molecule has 0 aromatic heterocycles. The average molecular weight is 271 g/mol. The van der Waals surface area contributed by atoms with Crippen LogP contribution in [0.2, 0.25) is 0 Å². The van der Waals surface area contributed by atoms with Gasteiger partial charge in [0.05, 0.1) is 25.4 Å². The van der Waals surface area contributed by atoms with Gasteiger partial charge >= 0.3 is 0 Å². The second kappa shape index (κ2) is 8.09. The highest BCUT2D eigenvalue weighted by molar-refractivity contribution is 5.36. The van der Waals surface area contributed by atoms with Crippen molar-refractivity contribution in [2.45, 2.75) is 19.4 Å². The molecule has 0 aliphatic heterocycles. The number of rotatable bonds is 8. The molecule has 108 valence electrons. The van der Waals surface area contributed by atoms with Crippen LogP contribution in [0, 0.1) is 5.82 Å². The van der Waals surface area contributed by atoms with Crippen molar-refractivity contribution in [2.24, 2.45) is 0 Å². The zero-order chi connectivity index (χ0) is 14.3. The molecule has 2 N–H and O–H groups in total. The smallest absolute Gasteiger partial charge is 0.132 e. The molecule has 4 nitrogen and oxygen atoms in total. The summed E-state index contributed by atoms with van der Waals surface area (Å²) in [5.41, 5.74) is 0.199. The largest absolute Gasteiger partial charge is 0.496 e. The minimum absolute atomic E-state index is 0.0763. The van der Waals surface area contributed by atoms with E-state index in [2.05, 4.69) is 0 Å². The quantitative estimate of drug-likeness (QED) is 0.753. The predicted molar refractivity (Wildman–Crippen MR) is 71.7 cm³/mol. The lowest BCUT2D eigenvalue weighted by atomic mass is 10.0. The number of methoxy groups -OCH3 is 1. The Hall–Kier alpha value is -1.17. The van der Waals surface area contributed by atoms with Crippen LogP contribution >= 0.6 is 0 Å². The van der Waals surface area contributed by atoms with E-state index in [9.17, 15) is 9.50 Å². The topological polar surface area (TPSA) is 52.9 Å². The molecule has 0 bridgehead atoms. The zero-order valence-corrected chi connectivity index (χ0v) is 11.5. The first kappa shape index (κ1) is 15.9. The summed E-state index contributed by atoms with van der Waals surface area (Å²) >= 11 is 0. The third-order valence-electron chi connectivity index (χ3n) is 3.15. The molecule has 0 aliphatic carbocycles. The van der Waals surface area contributed by atoms with Gasteiger partial charge in [-0.1, -0.05) is 13.0 Å². The molecular weight excluding hydrogens is 249 g/mol.